The molecule has 1 spiro atoms. The maximum Gasteiger partial charge on any atom is 0.225 e. The van der Waals surface area contributed by atoms with Crippen molar-refractivity contribution in [1.82, 2.24) is 14.8 Å². The normalized spacial score (nSPS) is 21.6. The van der Waals surface area contributed by atoms with Gasteiger partial charge < -0.3 is 20.7 Å². The van der Waals surface area contributed by atoms with E-state index < -0.39 is 0 Å². The number of piperidine rings is 1. The lowest BCUT2D eigenvalue weighted by molar-refractivity contribution is -0.140. The van der Waals surface area contributed by atoms with E-state index >= 15 is 0 Å². The minimum absolute atomic E-state index is 0.0450. The third kappa shape index (κ3) is 4.44. The molecule has 4 N–H and O–H groups in total. The molecule has 0 bridgehead atoms. The number of rotatable bonds is 7. The van der Waals surface area contributed by atoms with Gasteiger partial charge in [-0.15, -0.1) is 0 Å². The van der Waals surface area contributed by atoms with Crippen LogP contribution in [-0.2, 0) is 23.2 Å². The lowest BCUT2D eigenvalue weighted by Crippen LogP contribution is -2.55. The number of aromatic amines is 1. The standard InChI is InChI=1S/C31H39FN4O2/c32-25-9-2-1-6-23(25)18-36-20-31(12-15-35(16-13-31)30(38)22-7-3-8-22)28-24-11-10-21(5-4-14-33)17-26(24)34-29(28)27(36)19-37/h1-2,6,9-11,17,22,27,34,37H,3-5,7-8,12-16,18-20,33H2. The average molecular weight is 519 g/mol. The van der Waals surface area contributed by atoms with Gasteiger partial charge in [0.25, 0.3) is 0 Å². The van der Waals surface area contributed by atoms with Crippen LogP contribution in [0.4, 0.5) is 4.39 Å². The van der Waals surface area contributed by atoms with Gasteiger partial charge in [-0.1, -0.05) is 36.8 Å². The summed E-state index contributed by atoms with van der Waals surface area (Å²) < 4.78 is 14.7. The number of halogens is 1. The van der Waals surface area contributed by atoms with Crippen molar-refractivity contribution >= 4 is 16.8 Å². The van der Waals surface area contributed by atoms with Crippen molar-refractivity contribution in [1.29, 1.82) is 0 Å². The zero-order valence-corrected chi connectivity index (χ0v) is 22.1. The fraction of sp³-hybridized carbons (Fsp3) is 0.516. The van der Waals surface area contributed by atoms with E-state index in [1.807, 2.05) is 12.1 Å². The van der Waals surface area contributed by atoms with E-state index in [-0.39, 0.29) is 29.8 Å². The molecular formula is C31H39FN4O2. The van der Waals surface area contributed by atoms with Gasteiger partial charge in [0.05, 0.1) is 12.6 Å². The second-order valence-corrected chi connectivity index (χ2v) is 11.6. The van der Waals surface area contributed by atoms with Crippen LogP contribution < -0.4 is 5.73 Å². The van der Waals surface area contributed by atoms with Crippen LogP contribution in [0.3, 0.4) is 0 Å². The Morgan fingerprint density at radius 3 is 2.63 bits per heavy atom. The van der Waals surface area contributed by atoms with Crippen LogP contribution in [0.25, 0.3) is 10.9 Å². The van der Waals surface area contributed by atoms with Crippen LogP contribution in [0.5, 0.6) is 0 Å². The number of nitrogens with one attached hydrogen (secondary N) is 1. The summed E-state index contributed by atoms with van der Waals surface area (Å²) in [6, 6.07) is 13.3. The Balaban J connectivity index is 1.39. The molecule has 1 atom stereocenters. The van der Waals surface area contributed by atoms with Crippen LogP contribution in [-0.4, -0.2) is 58.6 Å². The van der Waals surface area contributed by atoms with E-state index in [2.05, 4.69) is 33.0 Å². The molecule has 1 aromatic heterocycles. The SMILES string of the molecule is NCCCc1ccc2c3c([nH]c2c1)C(CO)N(Cc1ccccc1F)CC31CCN(C(=O)C2CCC2)CC1. The largest absolute Gasteiger partial charge is 0.394 e. The fourth-order valence-corrected chi connectivity index (χ4v) is 7.00. The number of fused-ring (bicyclic) bond motifs is 4. The average Bonchev–Trinajstić information content (AvgIpc) is 3.28. The van der Waals surface area contributed by atoms with Crippen molar-refractivity contribution in [2.45, 2.75) is 62.9 Å². The highest BCUT2D eigenvalue weighted by atomic mass is 19.1. The summed E-state index contributed by atoms with van der Waals surface area (Å²) in [6.45, 7) is 3.27. The van der Waals surface area contributed by atoms with Gasteiger partial charge in [-0.3, -0.25) is 9.69 Å². The quantitative estimate of drug-likeness (QED) is 0.433. The lowest BCUT2D eigenvalue weighted by atomic mass is 9.68. The number of H-pyrrole nitrogens is 1. The lowest BCUT2D eigenvalue weighted by Gasteiger charge is -2.50. The summed E-state index contributed by atoms with van der Waals surface area (Å²) in [6.07, 6.45) is 6.81. The van der Waals surface area contributed by atoms with Crippen molar-refractivity contribution in [3.05, 3.63) is 70.7 Å². The molecule has 2 aromatic carbocycles. The van der Waals surface area contributed by atoms with Gasteiger partial charge in [0, 0.05) is 59.7 Å². The minimum Gasteiger partial charge on any atom is -0.394 e. The number of aryl methyl sites for hydroxylation is 1. The first-order valence-corrected chi connectivity index (χ1v) is 14.2. The Bertz CT molecular complexity index is 1310. The zero-order chi connectivity index (χ0) is 26.3. The van der Waals surface area contributed by atoms with Crippen LogP contribution in [0.2, 0.25) is 0 Å². The van der Waals surface area contributed by atoms with Gasteiger partial charge in [0.1, 0.15) is 5.82 Å². The molecule has 2 aliphatic heterocycles. The summed E-state index contributed by atoms with van der Waals surface area (Å²) in [5, 5.41) is 11.8. The fourth-order valence-electron chi connectivity index (χ4n) is 7.00. The Morgan fingerprint density at radius 1 is 1.16 bits per heavy atom. The molecule has 1 amide bonds. The number of amides is 1. The van der Waals surface area contributed by atoms with E-state index in [0.29, 0.717) is 24.6 Å². The van der Waals surface area contributed by atoms with Gasteiger partial charge in [0.15, 0.2) is 0 Å². The minimum atomic E-state index is -0.246. The highest BCUT2D eigenvalue weighted by Crippen LogP contribution is 2.49. The molecule has 1 saturated carbocycles. The summed E-state index contributed by atoms with van der Waals surface area (Å²) in [5.41, 5.74) is 10.9. The van der Waals surface area contributed by atoms with Crippen molar-refractivity contribution in [3.63, 3.8) is 0 Å². The molecule has 1 unspecified atom stereocenters. The molecule has 3 aromatic rings. The van der Waals surface area contributed by atoms with Gasteiger partial charge in [-0.25, -0.2) is 4.39 Å². The Labute approximate surface area is 224 Å². The number of aromatic nitrogens is 1. The third-order valence-corrected chi connectivity index (χ3v) is 9.36. The van der Waals surface area contributed by atoms with E-state index in [0.717, 1.165) is 75.8 Å². The second kappa shape index (κ2) is 10.4. The molecular weight excluding hydrogens is 479 g/mol. The highest BCUT2D eigenvalue weighted by molar-refractivity contribution is 5.87. The van der Waals surface area contributed by atoms with Crippen molar-refractivity contribution < 1.29 is 14.3 Å². The molecule has 202 valence electrons. The molecule has 1 aliphatic carbocycles. The van der Waals surface area contributed by atoms with Crippen LogP contribution in [0.15, 0.2) is 42.5 Å². The highest BCUT2D eigenvalue weighted by Gasteiger charge is 2.48. The molecule has 38 heavy (non-hydrogen) atoms. The maximum atomic E-state index is 14.7. The Morgan fingerprint density at radius 2 is 1.95 bits per heavy atom. The van der Waals surface area contributed by atoms with Crippen molar-refractivity contribution in [2.75, 3.05) is 32.8 Å². The van der Waals surface area contributed by atoms with Gasteiger partial charge in [-0.2, -0.15) is 0 Å². The predicted molar refractivity (Wildman–Crippen MR) is 147 cm³/mol. The Kier molecular flexibility index (Phi) is 7.01. The molecule has 1 saturated heterocycles. The topological polar surface area (TPSA) is 85.6 Å². The number of hydrogen-bond donors (Lipinski definition) is 3. The number of hydrogen-bond acceptors (Lipinski definition) is 4. The maximum absolute atomic E-state index is 14.7. The zero-order valence-electron chi connectivity index (χ0n) is 22.1. The summed E-state index contributed by atoms with van der Waals surface area (Å²) in [4.78, 5) is 21.1. The Hall–Kier alpha value is -2.74. The van der Waals surface area contributed by atoms with E-state index in [4.69, 9.17) is 5.73 Å². The number of carbonyl (C=O) groups excluding carboxylic acids is 1. The number of nitrogens with two attached hydrogens (primary N) is 1. The second-order valence-electron chi connectivity index (χ2n) is 11.6. The third-order valence-electron chi connectivity index (χ3n) is 9.36. The molecule has 6 nitrogen and oxygen atoms in total. The van der Waals surface area contributed by atoms with Gasteiger partial charge in [-0.05, 0) is 68.3 Å². The molecule has 2 fully saturated rings. The number of likely N-dealkylation sites (tertiary alicyclic amines) is 1. The summed E-state index contributed by atoms with van der Waals surface area (Å²) >= 11 is 0. The molecule has 3 aliphatic rings. The predicted octanol–water partition coefficient (Wildman–Crippen LogP) is 4.41. The number of benzene rings is 2. The number of aliphatic hydroxyl groups excluding tert-OH is 1. The molecule has 7 heteroatoms. The van der Waals surface area contributed by atoms with Crippen LogP contribution in [0.1, 0.15) is 67.0 Å². The van der Waals surface area contributed by atoms with Crippen molar-refractivity contribution in [2.24, 2.45) is 11.7 Å². The van der Waals surface area contributed by atoms with Gasteiger partial charge >= 0.3 is 0 Å². The van der Waals surface area contributed by atoms with Gasteiger partial charge in [0.2, 0.25) is 5.91 Å². The van der Waals surface area contributed by atoms with E-state index in [1.165, 1.54) is 22.6 Å². The first-order chi connectivity index (χ1) is 18.5. The van der Waals surface area contributed by atoms with E-state index in [9.17, 15) is 14.3 Å². The smallest absolute Gasteiger partial charge is 0.225 e. The monoisotopic (exact) mass is 518 g/mol. The van der Waals surface area contributed by atoms with Crippen LogP contribution in [0, 0.1) is 11.7 Å². The first kappa shape index (κ1) is 25.5. The molecule has 6 rings (SSSR count). The first-order valence-electron chi connectivity index (χ1n) is 14.2. The summed E-state index contributed by atoms with van der Waals surface area (Å²) in [5.74, 6) is 0.315. The molecule has 0 radical (unpaired) electrons. The number of nitrogens with zero attached hydrogens (tertiary/aromatic N) is 2. The van der Waals surface area contributed by atoms with Crippen molar-refractivity contribution in [3.8, 4) is 0 Å². The summed E-state index contributed by atoms with van der Waals surface area (Å²) in [7, 11) is 0. The van der Waals surface area contributed by atoms with Crippen LogP contribution >= 0.6 is 0 Å². The molecule has 3 heterocycles. The number of aliphatic hydroxyl groups is 1. The number of carbonyl (C=O) groups is 1. The van der Waals surface area contributed by atoms with E-state index in [1.54, 1.807) is 6.07 Å².